The number of hydrogen-bond acceptors (Lipinski definition) is 5. The number of para-hydroxylation sites is 1. The van der Waals surface area contributed by atoms with Crippen molar-refractivity contribution in [2.24, 2.45) is 0 Å². The van der Waals surface area contributed by atoms with Gasteiger partial charge in [0.15, 0.2) is 11.6 Å². The maximum Gasteiger partial charge on any atom is 0.277 e. The van der Waals surface area contributed by atoms with E-state index >= 15 is 0 Å². The fourth-order valence-electron chi connectivity index (χ4n) is 2.00. The molecule has 118 valence electrons. The summed E-state index contributed by atoms with van der Waals surface area (Å²) >= 11 is 1.14. The van der Waals surface area contributed by atoms with Crippen LogP contribution in [0.2, 0.25) is 0 Å². The Morgan fingerprint density at radius 1 is 1.09 bits per heavy atom. The summed E-state index contributed by atoms with van der Waals surface area (Å²) in [5.41, 5.74) is 0.915. The molecule has 0 aliphatic heterocycles. The van der Waals surface area contributed by atoms with Gasteiger partial charge in [0.1, 0.15) is 5.75 Å². The molecule has 2 aromatic carbocycles. The maximum atomic E-state index is 13.6. The van der Waals surface area contributed by atoms with Gasteiger partial charge in [-0.25, -0.2) is 8.78 Å². The first-order valence-corrected chi connectivity index (χ1v) is 7.70. The van der Waals surface area contributed by atoms with Crippen LogP contribution >= 0.6 is 11.8 Å². The first kappa shape index (κ1) is 15.5. The number of nitrogens with zero attached hydrogens (tertiary/aromatic N) is 2. The van der Waals surface area contributed by atoms with Crippen molar-refractivity contribution < 1.29 is 17.9 Å². The average Bonchev–Trinajstić information content (AvgIpc) is 3.05. The number of aromatic nitrogens is 2. The zero-order chi connectivity index (χ0) is 16.2. The predicted molar refractivity (Wildman–Crippen MR) is 82.2 cm³/mol. The van der Waals surface area contributed by atoms with Gasteiger partial charge in [-0.2, -0.15) is 0 Å². The molecule has 23 heavy (non-hydrogen) atoms. The van der Waals surface area contributed by atoms with Crippen LogP contribution < -0.4 is 4.74 Å². The van der Waals surface area contributed by atoms with E-state index in [1.54, 1.807) is 19.2 Å². The van der Waals surface area contributed by atoms with Gasteiger partial charge in [0.05, 0.1) is 12.7 Å². The minimum absolute atomic E-state index is 0.192. The third-order valence-electron chi connectivity index (χ3n) is 3.13. The number of methoxy groups -OCH3 is 1. The lowest BCUT2D eigenvalue weighted by molar-refractivity contribution is 0.411. The third kappa shape index (κ3) is 3.34. The van der Waals surface area contributed by atoms with Crippen LogP contribution in [0.4, 0.5) is 8.78 Å². The van der Waals surface area contributed by atoms with E-state index in [4.69, 9.17) is 9.15 Å². The first-order chi connectivity index (χ1) is 11.2. The number of benzene rings is 2. The fraction of sp³-hybridized carbons (Fsp3) is 0.125. The van der Waals surface area contributed by atoms with E-state index in [2.05, 4.69) is 10.2 Å². The Morgan fingerprint density at radius 2 is 1.91 bits per heavy atom. The van der Waals surface area contributed by atoms with Gasteiger partial charge >= 0.3 is 0 Å². The second-order valence-corrected chi connectivity index (χ2v) is 5.50. The zero-order valence-electron chi connectivity index (χ0n) is 12.1. The zero-order valence-corrected chi connectivity index (χ0v) is 12.9. The molecule has 0 fully saturated rings. The molecule has 3 aromatic rings. The lowest BCUT2D eigenvalue weighted by Gasteiger charge is -2.03. The van der Waals surface area contributed by atoms with Crippen molar-refractivity contribution in [3.63, 3.8) is 0 Å². The summed E-state index contributed by atoms with van der Waals surface area (Å²) in [6.45, 7) is 0. The van der Waals surface area contributed by atoms with E-state index in [1.807, 2.05) is 12.1 Å². The first-order valence-electron chi connectivity index (χ1n) is 6.71. The molecule has 1 aromatic heterocycles. The van der Waals surface area contributed by atoms with Gasteiger partial charge in [-0.15, -0.1) is 10.2 Å². The van der Waals surface area contributed by atoms with E-state index in [1.165, 1.54) is 12.1 Å². The monoisotopic (exact) mass is 334 g/mol. The second-order valence-electron chi connectivity index (χ2n) is 4.58. The third-order valence-corrected chi connectivity index (χ3v) is 3.99. The standard InChI is InChI=1S/C16H12F2N2O2S/c1-21-13-8-3-2-6-11(13)15-19-20-16(22-15)23-9-10-5-4-7-12(17)14(10)18/h2-8H,9H2,1H3. The molecule has 0 atom stereocenters. The van der Waals surface area contributed by atoms with Crippen LogP contribution in [0.5, 0.6) is 5.75 Å². The van der Waals surface area contributed by atoms with E-state index in [0.717, 1.165) is 17.8 Å². The Bertz CT molecular complexity index is 823. The van der Waals surface area contributed by atoms with Crippen LogP contribution in [-0.2, 0) is 5.75 Å². The molecule has 0 radical (unpaired) electrons. The molecule has 0 unspecified atom stereocenters. The minimum atomic E-state index is -0.872. The van der Waals surface area contributed by atoms with Crippen molar-refractivity contribution in [2.45, 2.75) is 11.0 Å². The summed E-state index contributed by atoms with van der Waals surface area (Å²) in [5.74, 6) is -0.613. The van der Waals surface area contributed by atoms with Crippen molar-refractivity contribution in [2.75, 3.05) is 7.11 Å². The lowest BCUT2D eigenvalue weighted by atomic mass is 10.2. The van der Waals surface area contributed by atoms with E-state index < -0.39 is 11.6 Å². The Balaban J connectivity index is 1.76. The normalized spacial score (nSPS) is 10.7. The number of rotatable bonds is 5. The van der Waals surface area contributed by atoms with Crippen LogP contribution in [0.15, 0.2) is 52.1 Å². The van der Waals surface area contributed by atoms with Crippen LogP contribution in [-0.4, -0.2) is 17.3 Å². The van der Waals surface area contributed by atoms with E-state index in [-0.39, 0.29) is 16.5 Å². The van der Waals surface area contributed by atoms with Crippen LogP contribution in [0.1, 0.15) is 5.56 Å². The summed E-state index contributed by atoms with van der Waals surface area (Å²) < 4.78 is 37.6. The summed E-state index contributed by atoms with van der Waals surface area (Å²) in [4.78, 5) is 0. The molecular weight excluding hydrogens is 322 g/mol. The smallest absolute Gasteiger partial charge is 0.277 e. The van der Waals surface area contributed by atoms with Crippen molar-refractivity contribution in [3.05, 3.63) is 59.7 Å². The molecule has 0 saturated carbocycles. The minimum Gasteiger partial charge on any atom is -0.496 e. The number of ether oxygens (including phenoxy) is 1. The van der Waals surface area contributed by atoms with E-state index in [9.17, 15) is 8.78 Å². The quantitative estimate of drug-likeness (QED) is 0.651. The molecule has 4 nitrogen and oxygen atoms in total. The molecule has 3 rings (SSSR count). The van der Waals surface area contributed by atoms with Crippen molar-refractivity contribution in [1.82, 2.24) is 10.2 Å². The van der Waals surface area contributed by atoms with Gasteiger partial charge < -0.3 is 9.15 Å². The highest BCUT2D eigenvalue weighted by Crippen LogP contribution is 2.31. The van der Waals surface area contributed by atoms with Crippen LogP contribution in [0.25, 0.3) is 11.5 Å². The Hall–Kier alpha value is -2.41. The molecule has 7 heteroatoms. The van der Waals surface area contributed by atoms with Gasteiger partial charge in [0, 0.05) is 11.3 Å². The molecule has 1 heterocycles. The maximum absolute atomic E-state index is 13.6. The van der Waals surface area contributed by atoms with Crippen molar-refractivity contribution >= 4 is 11.8 Å². The molecule has 0 bridgehead atoms. The average molecular weight is 334 g/mol. The SMILES string of the molecule is COc1ccccc1-c1nnc(SCc2cccc(F)c2F)o1. The number of thioether (sulfide) groups is 1. The van der Waals surface area contributed by atoms with Crippen molar-refractivity contribution in [1.29, 1.82) is 0 Å². The highest BCUT2D eigenvalue weighted by molar-refractivity contribution is 7.98. The summed E-state index contributed by atoms with van der Waals surface area (Å²) in [6, 6.07) is 11.3. The fourth-order valence-corrected chi connectivity index (χ4v) is 2.74. The molecule has 0 amide bonds. The van der Waals surface area contributed by atoms with Crippen molar-refractivity contribution in [3.8, 4) is 17.2 Å². The van der Waals surface area contributed by atoms with Crippen LogP contribution in [0, 0.1) is 11.6 Å². The topological polar surface area (TPSA) is 48.2 Å². The summed E-state index contributed by atoms with van der Waals surface area (Å²) in [5, 5.41) is 8.14. The molecule has 0 aliphatic carbocycles. The Kier molecular flexibility index (Phi) is 4.57. The second kappa shape index (κ2) is 6.78. The van der Waals surface area contributed by atoms with E-state index in [0.29, 0.717) is 17.2 Å². The molecule has 0 N–H and O–H groups in total. The van der Waals surface area contributed by atoms with Gasteiger partial charge in [-0.05, 0) is 18.2 Å². The highest BCUT2D eigenvalue weighted by atomic mass is 32.2. The molecular formula is C16H12F2N2O2S. The molecule has 0 aliphatic rings. The number of hydrogen-bond donors (Lipinski definition) is 0. The molecule has 0 spiro atoms. The molecule has 0 saturated heterocycles. The summed E-state index contributed by atoms with van der Waals surface area (Å²) in [7, 11) is 1.55. The van der Waals surface area contributed by atoms with Gasteiger partial charge in [-0.1, -0.05) is 36.0 Å². The van der Waals surface area contributed by atoms with Gasteiger partial charge in [0.25, 0.3) is 11.1 Å². The summed E-state index contributed by atoms with van der Waals surface area (Å²) in [6.07, 6.45) is 0. The highest BCUT2D eigenvalue weighted by Gasteiger charge is 2.14. The van der Waals surface area contributed by atoms with Crippen LogP contribution in [0.3, 0.4) is 0 Å². The Morgan fingerprint density at radius 3 is 2.74 bits per heavy atom. The number of halogens is 2. The predicted octanol–water partition coefficient (Wildman–Crippen LogP) is 4.32. The van der Waals surface area contributed by atoms with Gasteiger partial charge in [-0.3, -0.25) is 0 Å². The van der Waals surface area contributed by atoms with Gasteiger partial charge in [0.2, 0.25) is 0 Å². The lowest BCUT2D eigenvalue weighted by Crippen LogP contribution is -1.91. The Labute approximate surface area is 135 Å². The largest absolute Gasteiger partial charge is 0.496 e.